The van der Waals surface area contributed by atoms with Gasteiger partial charge in [-0.25, -0.2) is 0 Å². The van der Waals surface area contributed by atoms with Gasteiger partial charge in [0, 0.05) is 13.1 Å². The number of rotatable bonds is 4. The van der Waals surface area contributed by atoms with Gasteiger partial charge in [0.05, 0.1) is 5.60 Å². The summed E-state index contributed by atoms with van der Waals surface area (Å²) < 4.78 is 0. The average Bonchev–Trinajstić information content (AvgIpc) is 2.33. The maximum atomic E-state index is 10.5. The van der Waals surface area contributed by atoms with Gasteiger partial charge in [-0.2, -0.15) is 0 Å². The van der Waals surface area contributed by atoms with E-state index in [1.807, 2.05) is 0 Å². The molecule has 0 aromatic heterocycles. The third-order valence-electron chi connectivity index (χ3n) is 3.89. The maximum absolute atomic E-state index is 10.5. The number of phenols is 2. The van der Waals surface area contributed by atoms with Crippen LogP contribution in [0.25, 0.3) is 0 Å². The van der Waals surface area contributed by atoms with Gasteiger partial charge in [-0.1, -0.05) is 25.8 Å². The fourth-order valence-electron chi connectivity index (χ4n) is 2.91. The first-order chi connectivity index (χ1) is 8.98. The van der Waals surface area contributed by atoms with E-state index < -0.39 is 5.60 Å². The van der Waals surface area contributed by atoms with Crippen molar-refractivity contribution in [3.05, 3.63) is 23.8 Å². The predicted octanol–water partition coefficient (Wildman–Crippen LogP) is 2.13. The molecule has 4 N–H and O–H groups in total. The molecule has 19 heavy (non-hydrogen) atoms. The molecule has 1 aliphatic carbocycles. The maximum Gasteiger partial charge on any atom is 0.157 e. The SMILES string of the molecule is CC1CCCC(O)(CNCc2ccc(O)c(O)c2)C1. The van der Waals surface area contributed by atoms with Gasteiger partial charge in [0.15, 0.2) is 11.5 Å². The number of benzene rings is 1. The molecule has 0 radical (unpaired) electrons. The van der Waals surface area contributed by atoms with Crippen LogP contribution in [0.3, 0.4) is 0 Å². The minimum Gasteiger partial charge on any atom is -0.504 e. The second-order valence-electron chi connectivity index (χ2n) is 5.85. The van der Waals surface area contributed by atoms with Gasteiger partial charge >= 0.3 is 0 Å². The molecule has 1 aromatic rings. The van der Waals surface area contributed by atoms with E-state index in [0.29, 0.717) is 19.0 Å². The summed E-state index contributed by atoms with van der Waals surface area (Å²) in [6, 6.07) is 4.77. The van der Waals surface area contributed by atoms with Crippen LogP contribution < -0.4 is 5.32 Å². The Bertz CT molecular complexity index is 435. The highest BCUT2D eigenvalue weighted by Crippen LogP contribution is 2.31. The molecule has 1 aliphatic rings. The molecule has 4 heteroatoms. The first-order valence-corrected chi connectivity index (χ1v) is 6.92. The third-order valence-corrected chi connectivity index (χ3v) is 3.89. The van der Waals surface area contributed by atoms with Crippen LogP contribution in [0, 0.1) is 5.92 Å². The Morgan fingerprint density at radius 3 is 2.79 bits per heavy atom. The number of aromatic hydroxyl groups is 2. The zero-order valence-corrected chi connectivity index (χ0v) is 11.4. The van der Waals surface area contributed by atoms with Gasteiger partial charge in [-0.3, -0.25) is 0 Å². The monoisotopic (exact) mass is 265 g/mol. The van der Waals surface area contributed by atoms with Gasteiger partial charge in [-0.05, 0) is 36.5 Å². The van der Waals surface area contributed by atoms with Crippen LogP contribution in [-0.2, 0) is 6.54 Å². The second-order valence-corrected chi connectivity index (χ2v) is 5.85. The molecule has 1 fully saturated rings. The van der Waals surface area contributed by atoms with Gasteiger partial charge in [0.25, 0.3) is 0 Å². The van der Waals surface area contributed by atoms with Crippen molar-refractivity contribution in [3.8, 4) is 11.5 Å². The van der Waals surface area contributed by atoms with Gasteiger partial charge < -0.3 is 20.6 Å². The standard InChI is InChI=1S/C15H23NO3/c1-11-3-2-6-15(19,8-11)10-16-9-12-4-5-13(17)14(18)7-12/h4-5,7,11,16-19H,2-3,6,8-10H2,1H3. The number of nitrogens with one attached hydrogen (secondary N) is 1. The molecule has 2 atom stereocenters. The lowest BCUT2D eigenvalue weighted by molar-refractivity contribution is -0.0119. The Balaban J connectivity index is 1.84. The number of aliphatic hydroxyl groups is 1. The lowest BCUT2D eigenvalue weighted by Gasteiger charge is -2.35. The molecule has 0 heterocycles. The summed E-state index contributed by atoms with van der Waals surface area (Å²) in [5.41, 5.74) is 0.291. The predicted molar refractivity (Wildman–Crippen MR) is 74.1 cm³/mol. The first-order valence-electron chi connectivity index (χ1n) is 6.92. The van der Waals surface area contributed by atoms with Crippen molar-refractivity contribution in [1.82, 2.24) is 5.32 Å². The Labute approximate surface area is 114 Å². The average molecular weight is 265 g/mol. The quantitative estimate of drug-likeness (QED) is 0.629. The summed E-state index contributed by atoms with van der Waals surface area (Å²) in [5.74, 6) is 0.367. The van der Waals surface area contributed by atoms with Crippen molar-refractivity contribution in [2.45, 2.75) is 44.8 Å². The van der Waals surface area contributed by atoms with E-state index in [0.717, 1.165) is 24.8 Å². The normalized spacial score (nSPS) is 27.4. The molecule has 1 aromatic carbocycles. The Kier molecular flexibility index (Phi) is 4.32. The molecule has 0 spiro atoms. The molecular weight excluding hydrogens is 242 g/mol. The van der Waals surface area contributed by atoms with E-state index >= 15 is 0 Å². The molecule has 0 bridgehead atoms. The van der Waals surface area contributed by atoms with Crippen LogP contribution in [0.15, 0.2) is 18.2 Å². The molecule has 106 valence electrons. The molecule has 0 amide bonds. The van der Waals surface area contributed by atoms with Crippen LogP contribution in [-0.4, -0.2) is 27.5 Å². The zero-order chi connectivity index (χ0) is 13.9. The lowest BCUT2D eigenvalue weighted by atomic mass is 9.79. The minimum absolute atomic E-state index is 0.107. The summed E-state index contributed by atoms with van der Waals surface area (Å²) in [5, 5.41) is 32.3. The van der Waals surface area contributed by atoms with E-state index in [1.54, 1.807) is 6.07 Å². The fraction of sp³-hybridized carbons (Fsp3) is 0.600. The Morgan fingerprint density at radius 1 is 1.32 bits per heavy atom. The molecule has 4 nitrogen and oxygen atoms in total. The van der Waals surface area contributed by atoms with Crippen LogP contribution in [0.4, 0.5) is 0 Å². The van der Waals surface area contributed by atoms with Crippen molar-refractivity contribution >= 4 is 0 Å². The summed E-state index contributed by atoms with van der Waals surface area (Å²) in [4.78, 5) is 0. The molecule has 2 rings (SSSR count). The highest BCUT2D eigenvalue weighted by atomic mass is 16.3. The zero-order valence-electron chi connectivity index (χ0n) is 11.4. The number of phenolic OH excluding ortho intramolecular Hbond substituents is 2. The van der Waals surface area contributed by atoms with Crippen molar-refractivity contribution in [2.24, 2.45) is 5.92 Å². The summed E-state index contributed by atoms with van der Waals surface area (Å²) in [7, 11) is 0. The van der Waals surface area contributed by atoms with Gasteiger partial charge in [-0.15, -0.1) is 0 Å². The van der Waals surface area contributed by atoms with Crippen LogP contribution in [0.1, 0.15) is 38.2 Å². The fourth-order valence-corrected chi connectivity index (χ4v) is 2.91. The van der Waals surface area contributed by atoms with Crippen LogP contribution in [0.2, 0.25) is 0 Å². The van der Waals surface area contributed by atoms with Crippen molar-refractivity contribution in [2.75, 3.05) is 6.54 Å². The largest absolute Gasteiger partial charge is 0.504 e. The van der Waals surface area contributed by atoms with Crippen molar-refractivity contribution in [3.63, 3.8) is 0 Å². The van der Waals surface area contributed by atoms with E-state index in [2.05, 4.69) is 12.2 Å². The van der Waals surface area contributed by atoms with E-state index in [1.165, 1.54) is 18.6 Å². The van der Waals surface area contributed by atoms with E-state index in [4.69, 9.17) is 0 Å². The van der Waals surface area contributed by atoms with E-state index in [-0.39, 0.29) is 11.5 Å². The van der Waals surface area contributed by atoms with Crippen LogP contribution >= 0.6 is 0 Å². The molecular formula is C15H23NO3. The third kappa shape index (κ3) is 3.85. The second kappa shape index (κ2) is 5.80. The highest BCUT2D eigenvalue weighted by molar-refractivity contribution is 5.40. The molecule has 2 unspecified atom stereocenters. The minimum atomic E-state index is -0.601. The van der Waals surface area contributed by atoms with Gasteiger partial charge in [0.1, 0.15) is 0 Å². The number of hydrogen-bond donors (Lipinski definition) is 4. The molecule has 0 saturated heterocycles. The first kappa shape index (κ1) is 14.2. The summed E-state index contributed by atoms with van der Waals surface area (Å²) in [6.45, 7) is 3.33. The summed E-state index contributed by atoms with van der Waals surface area (Å²) >= 11 is 0. The molecule has 1 saturated carbocycles. The van der Waals surface area contributed by atoms with Crippen molar-refractivity contribution < 1.29 is 15.3 Å². The topological polar surface area (TPSA) is 72.7 Å². The summed E-state index contributed by atoms with van der Waals surface area (Å²) in [6.07, 6.45) is 3.99. The van der Waals surface area contributed by atoms with Crippen molar-refractivity contribution in [1.29, 1.82) is 0 Å². The van der Waals surface area contributed by atoms with Crippen LogP contribution in [0.5, 0.6) is 11.5 Å². The number of hydrogen-bond acceptors (Lipinski definition) is 4. The van der Waals surface area contributed by atoms with E-state index in [9.17, 15) is 15.3 Å². The van der Waals surface area contributed by atoms with Gasteiger partial charge in [0.2, 0.25) is 0 Å². The smallest absolute Gasteiger partial charge is 0.157 e. The Hall–Kier alpha value is -1.26. The Morgan fingerprint density at radius 2 is 2.11 bits per heavy atom. The highest BCUT2D eigenvalue weighted by Gasteiger charge is 2.31. The molecule has 0 aliphatic heterocycles. The lowest BCUT2D eigenvalue weighted by Crippen LogP contribution is -2.43.